The topological polar surface area (TPSA) is 85.1 Å². The van der Waals surface area contributed by atoms with Crippen LogP contribution in [0.2, 0.25) is 0 Å². The fraction of sp³-hybridized carbons (Fsp3) is 0.267. The van der Waals surface area contributed by atoms with Crippen LogP contribution in [0.15, 0.2) is 35.7 Å². The van der Waals surface area contributed by atoms with Crippen molar-refractivity contribution in [3.8, 4) is 0 Å². The Labute approximate surface area is 127 Å². The van der Waals surface area contributed by atoms with Crippen LogP contribution in [0.3, 0.4) is 0 Å². The number of anilines is 1. The first-order valence-corrected chi connectivity index (χ1v) is 7.56. The molecule has 1 heterocycles. The van der Waals surface area contributed by atoms with Crippen molar-refractivity contribution in [2.24, 2.45) is 5.73 Å². The Bertz CT molecular complexity index is 625. The molecule has 1 aromatic heterocycles. The monoisotopic (exact) mass is 303 g/mol. The van der Waals surface area contributed by atoms with Gasteiger partial charge < -0.3 is 11.1 Å². The summed E-state index contributed by atoms with van der Waals surface area (Å²) in [6.07, 6.45) is 0.789. The molecule has 0 aliphatic rings. The lowest BCUT2D eigenvalue weighted by atomic mass is 9.96. The van der Waals surface area contributed by atoms with E-state index in [2.05, 4.69) is 10.3 Å². The van der Waals surface area contributed by atoms with Crippen LogP contribution < -0.4 is 11.1 Å². The Morgan fingerprint density at radius 2 is 2.05 bits per heavy atom. The molecule has 0 spiro atoms. The number of benzene rings is 1. The Hall–Kier alpha value is -2.21. The molecule has 0 fully saturated rings. The lowest BCUT2D eigenvalue weighted by molar-refractivity contribution is -0.118. The largest absolute Gasteiger partial charge is 0.369 e. The molecular weight excluding hydrogens is 286 g/mol. The highest BCUT2D eigenvalue weighted by atomic mass is 32.1. The molecule has 110 valence electrons. The Kier molecular flexibility index (Phi) is 5.05. The summed E-state index contributed by atoms with van der Waals surface area (Å²) in [4.78, 5) is 27.4. The number of hydrogen-bond donors (Lipinski definition) is 2. The predicted molar refractivity (Wildman–Crippen MR) is 83.1 cm³/mol. The highest BCUT2D eigenvalue weighted by Crippen LogP contribution is 2.23. The molecule has 6 heteroatoms. The first-order valence-electron chi connectivity index (χ1n) is 6.68. The quantitative estimate of drug-likeness (QED) is 0.858. The predicted octanol–water partition coefficient (Wildman–Crippen LogP) is 2.30. The summed E-state index contributed by atoms with van der Waals surface area (Å²) in [7, 11) is 0. The number of nitrogens with two attached hydrogens (primary N) is 1. The molecule has 0 bridgehead atoms. The van der Waals surface area contributed by atoms with Gasteiger partial charge in [-0.05, 0) is 12.0 Å². The Balaban J connectivity index is 2.06. The van der Waals surface area contributed by atoms with Crippen molar-refractivity contribution in [3.05, 3.63) is 47.0 Å². The van der Waals surface area contributed by atoms with E-state index in [0.717, 1.165) is 5.56 Å². The molecule has 0 saturated carbocycles. The molecule has 0 aliphatic heterocycles. The zero-order chi connectivity index (χ0) is 15.2. The second-order valence-corrected chi connectivity index (χ2v) is 5.51. The zero-order valence-electron chi connectivity index (χ0n) is 11.7. The normalized spacial score (nSPS) is 11.9. The fourth-order valence-electron chi connectivity index (χ4n) is 2.07. The zero-order valence-corrected chi connectivity index (χ0v) is 12.5. The molecule has 0 radical (unpaired) electrons. The van der Waals surface area contributed by atoms with Gasteiger partial charge in [-0.1, -0.05) is 37.3 Å². The van der Waals surface area contributed by atoms with Gasteiger partial charge in [-0.25, -0.2) is 4.98 Å². The summed E-state index contributed by atoms with van der Waals surface area (Å²) in [6, 6.07) is 9.63. The van der Waals surface area contributed by atoms with Crippen LogP contribution in [0.1, 0.15) is 30.5 Å². The highest BCUT2D eigenvalue weighted by molar-refractivity contribution is 7.13. The van der Waals surface area contributed by atoms with Crippen LogP contribution >= 0.6 is 11.3 Å². The molecule has 2 aromatic rings. The van der Waals surface area contributed by atoms with E-state index in [1.807, 2.05) is 37.3 Å². The minimum Gasteiger partial charge on any atom is -0.369 e. The first-order chi connectivity index (χ1) is 10.1. The first kappa shape index (κ1) is 15.2. The Morgan fingerprint density at radius 3 is 2.67 bits per heavy atom. The van der Waals surface area contributed by atoms with E-state index in [9.17, 15) is 9.59 Å². The van der Waals surface area contributed by atoms with E-state index in [4.69, 9.17) is 5.73 Å². The van der Waals surface area contributed by atoms with Gasteiger partial charge >= 0.3 is 0 Å². The van der Waals surface area contributed by atoms with E-state index in [-0.39, 0.29) is 18.2 Å². The Morgan fingerprint density at radius 1 is 1.33 bits per heavy atom. The summed E-state index contributed by atoms with van der Waals surface area (Å²) >= 11 is 1.29. The summed E-state index contributed by atoms with van der Waals surface area (Å²) in [5.74, 6) is -0.743. The van der Waals surface area contributed by atoms with Crippen molar-refractivity contribution in [1.29, 1.82) is 0 Å². The number of nitrogens with zero attached hydrogens (tertiary/aromatic N) is 1. The van der Waals surface area contributed by atoms with Crippen molar-refractivity contribution < 1.29 is 9.59 Å². The van der Waals surface area contributed by atoms with Gasteiger partial charge in [0.2, 0.25) is 11.8 Å². The lowest BCUT2D eigenvalue weighted by Crippen LogP contribution is -2.20. The van der Waals surface area contributed by atoms with Crippen LogP contribution in [0.4, 0.5) is 5.13 Å². The molecule has 2 rings (SSSR count). The summed E-state index contributed by atoms with van der Waals surface area (Å²) in [5.41, 5.74) is 6.68. The van der Waals surface area contributed by atoms with Crippen LogP contribution in [-0.4, -0.2) is 16.8 Å². The average molecular weight is 303 g/mol. The lowest BCUT2D eigenvalue weighted by Gasteiger charge is -2.14. The van der Waals surface area contributed by atoms with Gasteiger partial charge in [0.1, 0.15) is 0 Å². The third-order valence-electron chi connectivity index (χ3n) is 3.06. The van der Waals surface area contributed by atoms with E-state index in [1.165, 1.54) is 11.3 Å². The van der Waals surface area contributed by atoms with Crippen LogP contribution in [0.25, 0.3) is 0 Å². The van der Waals surface area contributed by atoms with Gasteiger partial charge in [0.05, 0.1) is 18.0 Å². The van der Waals surface area contributed by atoms with E-state index in [1.54, 1.807) is 5.38 Å². The second kappa shape index (κ2) is 6.99. The third kappa shape index (κ3) is 4.13. The third-order valence-corrected chi connectivity index (χ3v) is 3.87. The number of rotatable bonds is 6. The number of aromatic nitrogens is 1. The second-order valence-electron chi connectivity index (χ2n) is 4.65. The maximum absolute atomic E-state index is 12.3. The number of carbonyl (C=O) groups excluding carboxylic acids is 2. The fourth-order valence-corrected chi connectivity index (χ4v) is 2.79. The minimum atomic E-state index is -0.436. The summed E-state index contributed by atoms with van der Waals surface area (Å²) in [5, 5.41) is 5.02. The molecule has 3 N–H and O–H groups in total. The van der Waals surface area contributed by atoms with Crippen molar-refractivity contribution in [2.45, 2.75) is 25.7 Å². The van der Waals surface area contributed by atoms with Crippen LogP contribution in [0.5, 0.6) is 0 Å². The number of carbonyl (C=O) groups is 2. The van der Waals surface area contributed by atoms with Crippen molar-refractivity contribution >= 4 is 28.3 Å². The highest BCUT2D eigenvalue weighted by Gasteiger charge is 2.19. The molecule has 1 aromatic carbocycles. The number of nitrogens with one attached hydrogen (secondary N) is 1. The van der Waals surface area contributed by atoms with Gasteiger partial charge in [0, 0.05) is 5.38 Å². The van der Waals surface area contributed by atoms with E-state index >= 15 is 0 Å². The van der Waals surface area contributed by atoms with Crippen molar-refractivity contribution in [2.75, 3.05) is 5.32 Å². The summed E-state index contributed by atoms with van der Waals surface area (Å²) in [6.45, 7) is 1.97. The number of primary amides is 1. The maximum atomic E-state index is 12.3. The standard InChI is InChI=1S/C15H17N3O2S/c1-2-12(10-6-4-3-5-7-10)14(20)18-15-17-11(9-21-15)8-13(16)19/h3-7,9,12H,2,8H2,1H3,(H2,16,19)(H,17,18,20)/t12-/m0/s1. The van der Waals surface area contributed by atoms with E-state index < -0.39 is 5.91 Å². The molecule has 0 aliphatic carbocycles. The molecule has 0 saturated heterocycles. The van der Waals surface area contributed by atoms with Crippen molar-refractivity contribution in [1.82, 2.24) is 4.98 Å². The molecule has 0 unspecified atom stereocenters. The van der Waals surface area contributed by atoms with Crippen molar-refractivity contribution in [3.63, 3.8) is 0 Å². The van der Waals surface area contributed by atoms with Gasteiger partial charge in [0.25, 0.3) is 0 Å². The van der Waals surface area contributed by atoms with Gasteiger partial charge in [-0.3, -0.25) is 9.59 Å². The molecular formula is C15H17N3O2S. The van der Waals surface area contributed by atoms with Gasteiger partial charge in [-0.2, -0.15) is 0 Å². The molecule has 1 atom stereocenters. The van der Waals surface area contributed by atoms with Crippen LogP contribution in [0, 0.1) is 0 Å². The molecule has 5 nitrogen and oxygen atoms in total. The number of thiazole rings is 1. The average Bonchev–Trinajstić information content (AvgIpc) is 2.87. The SMILES string of the molecule is CC[C@H](C(=O)Nc1nc(CC(N)=O)cs1)c1ccccc1. The number of hydrogen-bond acceptors (Lipinski definition) is 4. The maximum Gasteiger partial charge on any atom is 0.233 e. The molecule has 2 amide bonds. The number of amides is 2. The van der Waals surface area contributed by atoms with Crippen LogP contribution in [-0.2, 0) is 16.0 Å². The molecule has 21 heavy (non-hydrogen) atoms. The van der Waals surface area contributed by atoms with E-state index in [0.29, 0.717) is 17.2 Å². The van der Waals surface area contributed by atoms with Gasteiger partial charge in [-0.15, -0.1) is 11.3 Å². The summed E-state index contributed by atoms with van der Waals surface area (Å²) < 4.78 is 0. The smallest absolute Gasteiger partial charge is 0.233 e. The minimum absolute atomic E-state index is 0.0856. The van der Waals surface area contributed by atoms with Gasteiger partial charge in [0.15, 0.2) is 5.13 Å².